The molecule has 132 valence electrons. The SMILES string of the molecule is CC(C)NS(=O)(=O)c1cccc(C(=O)N2CCC(C(=O)O)C2C)c1. The highest BCUT2D eigenvalue weighted by Gasteiger charge is 2.38. The molecule has 1 aromatic rings. The third-order valence-electron chi connectivity index (χ3n) is 4.12. The van der Waals surface area contributed by atoms with Gasteiger partial charge in [0.2, 0.25) is 10.0 Å². The van der Waals surface area contributed by atoms with Crippen molar-refractivity contribution in [2.75, 3.05) is 6.54 Å². The zero-order chi connectivity index (χ0) is 18.1. The molecule has 1 amide bonds. The van der Waals surface area contributed by atoms with Crippen molar-refractivity contribution in [3.8, 4) is 0 Å². The Balaban J connectivity index is 2.26. The molecule has 0 saturated carbocycles. The van der Waals surface area contributed by atoms with Gasteiger partial charge in [0.05, 0.1) is 10.8 Å². The average Bonchev–Trinajstić information content (AvgIpc) is 2.87. The second-order valence-electron chi connectivity index (χ2n) is 6.28. The summed E-state index contributed by atoms with van der Waals surface area (Å²) in [6.45, 7) is 5.47. The normalized spacial score (nSPS) is 21.2. The monoisotopic (exact) mass is 354 g/mol. The summed E-state index contributed by atoms with van der Waals surface area (Å²) < 4.78 is 26.9. The molecule has 0 aliphatic carbocycles. The van der Waals surface area contributed by atoms with E-state index in [9.17, 15) is 18.0 Å². The summed E-state index contributed by atoms with van der Waals surface area (Å²) in [7, 11) is -3.69. The van der Waals surface area contributed by atoms with Crippen LogP contribution in [0.5, 0.6) is 0 Å². The Morgan fingerprint density at radius 3 is 2.54 bits per heavy atom. The maximum Gasteiger partial charge on any atom is 0.308 e. The van der Waals surface area contributed by atoms with Gasteiger partial charge in [-0.25, -0.2) is 13.1 Å². The van der Waals surface area contributed by atoms with Crippen molar-refractivity contribution in [3.05, 3.63) is 29.8 Å². The fourth-order valence-corrected chi connectivity index (χ4v) is 4.19. The van der Waals surface area contributed by atoms with Gasteiger partial charge < -0.3 is 10.0 Å². The standard InChI is InChI=1S/C16H22N2O5S/c1-10(2)17-24(22,23)13-6-4-5-12(9-13)15(19)18-8-7-14(11(18)3)16(20)21/h4-6,9-11,14,17H,7-8H2,1-3H3,(H,20,21). The molecule has 1 aliphatic rings. The van der Waals surface area contributed by atoms with Crippen LogP contribution in [0.3, 0.4) is 0 Å². The number of carboxylic acid groups (broad SMARTS) is 1. The number of likely N-dealkylation sites (tertiary alicyclic amines) is 1. The number of hydrogen-bond acceptors (Lipinski definition) is 4. The van der Waals surface area contributed by atoms with Gasteiger partial charge in [0.25, 0.3) is 5.91 Å². The van der Waals surface area contributed by atoms with E-state index in [0.717, 1.165) is 0 Å². The molecule has 2 rings (SSSR count). The van der Waals surface area contributed by atoms with E-state index in [1.807, 2.05) is 0 Å². The smallest absolute Gasteiger partial charge is 0.308 e. The first-order valence-electron chi connectivity index (χ1n) is 7.79. The van der Waals surface area contributed by atoms with Crippen molar-refractivity contribution < 1.29 is 23.1 Å². The molecule has 0 bridgehead atoms. The van der Waals surface area contributed by atoms with Gasteiger partial charge in [-0.1, -0.05) is 6.07 Å². The number of carbonyl (C=O) groups is 2. The lowest BCUT2D eigenvalue weighted by Gasteiger charge is -2.23. The molecule has 0 aromatic heterocycles. The molecule has 2 N–H and O–H groups in total. The number of benzene rings is 1. The molecule has 1 fully saturated rings. The Labute approximate surface area is 141 Å². The minimum absolute atomic E-state index is 0.0173. The number of nitrogens with one attached hydrogen (secondary N) is 1. The molecule has 1 heterocycles. The summed E-state index contributed by atoms with van der Waals surface area (Å²) in [6.07, 6.45) is 0.398. The number of carboxylic acids is 1. The third-order valence-corrected chi connectivity index (χ3v) is 5.77. The maximum atomic E-state index is 12.6. The molecule has 2 unspecified atom stereocenters. The second kappa shape index (κ2) is 6.90. The summed E-state index contributed by atoms with van der Waals surface area (Å²) in [6, 6.07) is 5.12. The number of hydrogen-bond donors (Lipinski definition) is 2. The first-order chi connectivity index (χ1) is 11.1. The van der Waals surface area contributed by atoms with E-state index in [-0.39, 0.29) is 22.4 Å². The topological polar surface area (TPSA) is 104 Å². The van der Waals surface area contributed by atoms with Crippen molar-refractivity contribution in [2.24, 2.45) is 5.92 Å². The molecule has 7 nitrogen and oxygen atoms in total. The van der Waals surface area contributed by atoms with E-state index < -0.39 is 28.0 Å². The van der Waals surface area contributed by atoms with E-state index in [4.69, 9.17) is 5.11 Å². The maximum absolute atomic E-state index is 12.6. The van der Waals surface area contributed by atoms with E-state index >= 15 is 0 Å². The van der Waals surface area contributed by atoms with Crippen LogP contribution in [-0.4, -0.2) is 48.9 Å². The number of amides is 1. The highest BCUT2D eigenvalue weighted by Crippen LogP contribution is 2.26. The molecule has 1 aromatic carbocycles. The lowest BCUT2D eigenvalue weighted by Crippen LogP contribution is -2.37. The van der Waals surface area contributed by atoms with Crippen molar-refractivity contribution in [2.45, 2.75) is 44.2 Å². The summed E-state index contributed by atoms with van der Waals surface area (Å²) in [5, 5.41) is 9.16. The number of nitrogens with zero attached hydrogens (tertiary/aromatic N) is 1. The largest absolute Gasteiger partial charge is 0.481 e. The Kier molecular flexibility index (Phi) is 5.29. The van der Waals surface area contributed by atoms with Crippen molar-refractivity contribution in [1.82, 2.24) is 9.62 Å². The zero-order valence-electron chi connectivity index (χ0n) is 13.9. The van der Waals surface area contributed by atoms with Crippen molar-refractivity contribution in [3.63, 3.8) is 0 Å². The molecule has 1 saturated heterocycles. The molecule has 0 spiro atoms. The van der Waals surface area contributed by atoms with E-state index in [2.05, 4.69) is 4.72 Å². The van der Waals surface area contributed by atoms with Gasteiger partial charge in [-0.15, -0.1) is 0 Å². The fraction of sp³-hybridized carbons (Fsp3) is 0.500. The second-order valence-corrected chi connectivity index (χ2v) is 7.99. The number of carbonyl (C=O) groups excluding carboxylic acids is 1. The number of sulfonamides is 1. The highest BCUT2D eigenvalue weighted by atomic mass is 32.2. The van der Waals surface area contributed by atoms with Gasteiger partial charge in [0.1, 0.15) is 0 Å². The van der Waals surface area contributed by atoms with E-state index in [1.165, 1.54) is 29.2 Å². The molecule has 1 aliphatic heterocycles. The molecular formula is C16H22N2O5S. The first-order valence-corrected chi connectivity index (χ1v) is 9.28. The predicted molar refractivity (Wildman–Crippen MR) is 88.1 cm³/mol. The first kappa shape index (κ1) is 18.4. The summed E-state index contributed by atoms with van der Waals surface area (Å²) >= 11 is 0. The van der Waals surface area contributed by atoms with Crippen LogP contribution in [0, 0.1) is 5.92 Å². The number of rotatable bonds is 5. The van der Waals surface area contributed by atoms with Crippen LogP contribution in [0.2, 0.25) is 0 Å². The Bertz CT molecular complexity index is 745. The molecule has 24 heavy (non-hydrogen) atoms. The summed E-state index contributed by atoms with van der Waals surface area (Å²) in [4.78, 5) is 25.3. The van der Waals surface area contributed by atoms with Crippen LogP contribution in [0.4, 0.5) is 0 Å². The zero-order valence-corrected chi connectivity index (χ0v) is 14.7. The summed E-state index contributed by atoms with van der Waals surface area (Å²) in [5.41, 5.74) is 0.236. The third kappa shape index (κ3) is 3.76. The van der Waals surface area contributed by atoms with Crippen LogP contribution in [-0.2, 0) is 14.8 Å². The van der Waals surface area contributed by atoms with E-state index in [0.29, 0.717) is 13.0 Å². The Hall–Kier alpha value is -1.93. The minimum Gasteiger partial charge on any atom is -0.481 e. The predicted octanol–water partition coefficient (Wildman–Crippen LogP) is 1.31. The van der Waals surface area contributed by atoms with Crippen LogP contribution in [0.1, 0.15) is 37.6 Å². The Morgan fingerprint density at radius 2 is 2.00 bits per heavy atom. The van der Waals surface area contributed by atoms with Crippen LogP contribution in [0.15, 0.2) is 29.2 Å². The Morgan fingerprint density at radius 1 is 1.33 bits per heavy atom. The van der Waals surface area contributed by atoms with Gasteiger partial charge in [0.15, 0.2) is 0 Å². The van der Waals surface area contributed by atoms with Gasteiger partial charge >= 0.3 is 5.97 Å². The van der Waals surface area contributed by atoms with Crippen LogP contribution < -0.4 is 4.72 Å². The van der Waals surface area contributed by atoms with Gasteiger partial charge in [-0.2, -0.15) is 0 Å². The quantitative estimate of drug-likeness (QED) is 0.830. The molecule has 0 radical (unpaired) electrons. The van der Waals surface area contributed by atoms with Gasteiger partial charge in [0, 0.05) is 24.2 Å². The highest BCUT2D eigenvalue weighted by molar-refractivity contribution is 7.89. The molecule has 8 heteroatoms. The molecular weight excluding hydrogens is 332 g/mol. The average molecular weight is 354 g/mol. The van der Waals surface area contributed by atoms with Gasteiger partial charge in [-0.05, 0) is 45.4 Å². The van der Waals surface area contributed by atoms with Gasteiger partial charge in [-0.3, -0.25) is 9.59 Å². The fourth-order valence-electron chi connectivity index (χ4n) is 2.90. The van der Waals surface area contributed by atoms with Crippen molar-refractivity contribution >= 4 is 21.9 Å². The van der Waals surface area contributed by atoms with E-state index in [1.54, 1.807) is 20.8 Å². The van der Waals surface area contributed by atoms with Crippen LogP contribution in [0.25, 0.3) is 0 Å². The lowest BCUT2D eigenvalue weighted by atomic mass is 10.0. The molecule has 2 atom stereocenters. The van der Waals surface area contributed by atoms with Crippen molar-refractivity contribution in [1.29, 1.82) is 0 Å². The lowest BCUT2D eigenvalue weighted by molar-refractivity contribution is -0.142. The number of aliphatic carboxylic acids is 1. The van der Waals surface area contributed by atoms with Crippen LogP contribution >= 0.6 is 0 Å². The summed E-state index contributed by atoms with van der Waals surface area (Å²) in [5.74, 6) is -1.87. The minimum atomic E-state index is -3.69.